The van der Waals surface area contributed by atoms with Crippen molar-refractivity contribution in [3.63, 3.8) is 0 Å². The first-order valence-corrected chi connectivity index (χ1v) is 3.90. The van der Waals surface area contributed by atoms with Gasteiger partial charge in [-0.3, -0.25) is 4.68 Å². The minimum Gasteiger partial charge on any atom is -0.272 e. The van der Waals surface area contributed by atoms with Gasteiger partial charge in [0.1, 0.15) is 0 Å². The number of hydrogen-bond donors (Lipinski definition) is 0. The van der Waals surface area contributed by atoms with Crippen LogP contribution in [0.15, 0.2) is 12.3 Å². The summed E-state index contributed by atoms with van der Waals surface area (Å²) in [5.41, 5.74) is 1.27. The van der Waals surface area contributed by atoms with E-state index in [0.29, 0.717) is 0 Å². The fraction of sp³-hybridized carbons (Fsp3) is 0.400. The van der Waals surface area contributed by atoms with Gasteiger partial charge in [-0.2, -0.15) is 5.10 Å². The van der Waals surface area contributed by atoms with Gasteiger partial charge in [0.2, 0.25) is 0 Å². The van der Waals surface area contributed by atoms with Crippen molar-refractivity contribution in [1.82, 2.24) is 9.78 Å². The van der Waals surface area contributed by atoms with Crippen LogP contribution in [0.2, 0.25) is 0 Å². The summed E-state index contributed by atoms with van der Waals surface area (Å²) in [5, 5.41) is 4.00. The zero-order valence-corrected chi connectivity index (χ0v) is 6.79. The van der Waals surface area contributed by atoms with Crippen molar-refractivity contribution in [2.75, 3.05) is 0 Å². The van der Waals surface area contributed by atoms with E-state index in [9.17, 15) is 0 Å². The maximum Gasteiger partial charge on any atom is 0.0492 e. The molecule has 0 amide bonds. The van der Waals surface area contributed by atoms with Crippen LogP contribution in [-0.2, 0) is 11.5 Å². The van der Waals surface area contributed by atoms with Gasteiger partial charge >= 0.3 is 0 Å². The average molecular weight is 222 g/mol. The van der Waals surface area contributed by atoms with Crippen LogP contribution in [0.3, 0.4) is 0 Å². The van der Waals surface area contributed by atoms with E-state index in [1.807, 2.05) is 24.0 Å². The lowest BCUT2D eigenvalue weighted by atomic mass is 10.5. The number of aromatic nitrogens is 2. The molecule has 0 aliphatic heterocycles. The summed E-state index contributed by atoms with van der Waals surface area (Å²) in [4.78, 5) is 0. The molecule has 1 heterocycles. The van der Waals surface area contributed by atoms with E-state index in [1.54, 1.807) is 0 Å². The Kier molecular flexibility index (Phi) is 1.88. The predicted molar refractivity (Wildman–Crippen MR) is 40.9 cm³/mol. The Morgan fingerprint density at radius 3 is 2.88 bits per heavy atom. The summed E-state index contributed by atoms with van der Waals surface area (Å²) < 4.78 is 2.92. The Balaban J connectivity index is 2.92. The molecule has 1 aromatic rings. The third-order valence-corrected chi connectivity index (χ3v) is 1.84. The summed E-state index contributed by atoms with van der Waals surface area (Å²) in [5.74, 6) is 0. The Labute approximate surface area is 62.0 Å². The molecule has 0 aliphatic carbocycles. The van der Waals surface area contributed by atoms with Gasteiger partial charge in [-0.1, -0.05) is 22.6 Å². The van der Waals surface area contributed by atoms with E-state index in [-0.39, 0.29) is 0 Å². The number of alkyl halides is 1. The topological polar surface area (TPSA) is 17.8 Å². The van der Waals surface area contributed by atoms with Crippen molar-refractivity contribution in [2.45, 2.75) is 4.43 Å². The molecule has 3 heteroatoms. The number of halogens is 1. The van der Waals surface area contributed by atoms with Crippen LogP contribution < -0.4 is 0 Å². The molecule has 0 N–H and O–H groups in total. The fourth-order valence-electron chi connectivity index (χ4n) is 0.532. The fourth-order valence-corrected chi connectivity index (χ4v) is 1.28. The molecule has 44 valence electrons. The molecule has 0 fully saturated rings. The molecule has 0 spiro atoms. The summed E-state index contributed by atoms with van der Waals surface area (Å²) >= 11 is 2.31. The van der Waals surface area contributed by atoms with Crippen LogP contribution in [-0.4, -0.2) is 9.78 Å². The van der Waals surface area contributed by atoms with Crippen LogP contribution >= 0.6 is 22.6 Å². The highest BCUT2D eigenvalue weighted by Gasteiger charge is 1.91. The minimum absolute atomic E-state index is 1.04. The molecular weight excluding hydrogens is 215 g/mol. The van der Waals surface area contributed by atoms with Gasteiger partial charge in [0.25, 0.3) is 0 Å². The number of rotatable bonds is 1. The molecule has 1 aromatic heterocycles. The molecular formula is C5H7IN2. The van der Waals surface area contributed by atoms with E-state index < -0.39 is 0 Å². The van der Waals surface area contributed by atoms with Gasteiger partial charge in [0.15, 0.2) is 0 Å². The zero-order valence-electron chi connectivity index (χ0n) is 4.63. The second-order valence-electron chi connectivity index (χ2n) is 1.58. The van der Waals surface area contributed by atoms with Gasteiger partial charge in [-0.05, 0) is 6.07 Å². The van der Waals surface area contributed by atoms with Crippen molar-refractivity contribution in [2.24, 2.45) is 7.05 Å². The summed E-state index contributed by atoms with van der Waals surface area (Å²) in [6.07, 6.45) is 1.81. The van der Waals surface area contributed by atoms with Crippen LogP contribution in [0.25, 0.3) is 0 Å². The third-order valence-electron chi connectivity index (χ3n) is 1.06. The van der Waals surface area contributed by atoms with Crippen molar-refractivity contribution in [1.29, 1.82) is 0 Å². The highest BCUT2D eigenvalue weighted by Crippen LogP contribution is 2.01. The van der Waals surface area contributed by atoms with Crippen molar-refractivity contribution < 1.29 is 0 Å². The number of aryl methyl sites for hydroxylation is 1. The predicted octanol–water partition coefficient (Wildman–Crippen LogP) is 1.36. The van der Waals surface area contributed by atoms with Gasteiger partial charge in [-0.25, -0.2) is 0 Å². The summed E-state index contributed by atoms with van der Waals surface area (Å²) in [6, 6.07) is 2.02. The Morgan fingerprint density at radius 1 is 1.88 bits per heavy atom. The normalized spacial score (nSPS) is 9.75. The van der Waals surface area contributed by atoms with Crippen molar-refractivity contribution in [3.8, 4) is 0 Å². The highest BCUT2D eigenvalue weighted by atomic mass is 127. The Hall–Kier alpha value is -0.0600. The maximum atomic E-state index is 4.00. The van der Waals surface area contributed by atoms with Crippen molar-refractivity contribution >= 4 is 22.6 Å². The zero-order chi connectivity index (χ0) is 5.98. The monoisotopic (exact) mass is 222 g/mol. The molecule has 2 nitrogen and oxygen atoms in total. The molecule has 8 heavy (non-hydrogen) atoms. The van der Waals surface area contributed by atoms with Gasteiger partial charge < -0.3 is 0 Å². The van der Waals surface area contributed by atoms with Crippen LogP contribution in [0.1, 0.15) is 5.69 Å². The van der Waals surface area contributed by atoms with Crippen molar-refractivity contribution in [3.05, 3.63) is 18.0 Å². The first-order valence-electron chi connectivity index (χ1n) is 2.37. The average Bonchev–Trinajstić information content (AvgIpc) is 2.14. The SMILES string of the molecule is Cn1nccc1CI. The van der Waals surface area contributed by atoms with Crippen LogP contribution in [0.4, 0.5) is 0 Å². The lowest BCUT2D eigenvalue weighted by Crippen LogP contribution is -1.93. The molecule has 0 saturated carbocycles. The van der Waals surface area contributed by atoms with E-state index in [2.05, 4.69) is 27.7 Å². The molecule has 0 aliphatic rings. The van der Waals surface area contributed by atoms with Gasteiger partial charge in [-0.15, -0.1) is 0 Å². The van der Waals surface area contributed by atoms with Gasteiger partial charge in [0, 0.05) is 23.4 Å². The Bertz CT molecular complexity index is 171. The molecule has 0 radical (unpaired) electrons. The van der Waals surface area contributed by atoms with Crippen LogP contribution in [0.5, 0.6) is 0 Å². The second kappa shape index (κ2) is 2.48. The first-order chi connectivity index (χ1) is 3.84. The first kappa shape index (κ1) is 6.07. The third kappa shape index (κ3) is 1.02. The highest BCUT2D eigenvalue weighted by molar-refractivity contribution is 14.1. The Morgan fingerprint density at radius 2 is 2.62 bits per heavy atom. The molecule has 0 unspecified atom stereocenters. The molecule has 0 saturated heterocycles. The molecule has 1 rings (SSSR count). The maximum absolute atomic E-state index is 4.00. The number of nitrogens with zero attached hydrogens (tertiary/aromatic N) is 2. The lowest BCUT2D eigenvalue weighted by molar-refractivity contribution is 0.739. The smallest absolute Gasteiger partial charge is 0.0492 e. The quantitative estimate of drug-likeness (QED) is 0.518. The molecule has 0 atom stereocenters. The summed E-state index contributed by atoms with van der Waals surface area (Å²) in [7, 11) is 1.95. The van der Waals surface area contributed by atoms with Crippen LogP contribution in [0, 0.1) is 0 Å². The van der Waals surface area contributed by atoms with Gasteiger partial charge in [0.05, 0.1) is 0 Å². The molecule has 0 bridgehead atoms. The minimum atomic E-state index is 1.04. The molecule has 0 aromatic carbocycles. The van der Waals surface area contributed by atoms with E-state index in [0.717, 1.165) is 4.43 Å². The summed E-state index contributed by atoms with van der Waals surface area (Å²) in [6.45, 7) is 0. The van der Waals surface area contributed by atoms with E-state index in [1.165, 1.54) is 5.69 Å². The second-order valence-corrected chi connectivity index (χ2v) is 2.34. The van der Waals surface area contributed by atoms with E-state index >= 15 is 0 Å². The van der Waals surface area contributed by atoms with E-state index in [4.69, 9.17) is 0 Å². The number of hydrogen-bond acceptors (Lipinski definition) is 1. The standard InChI is InChI=1S/C5H7IN2/c1-8-5(4-6)2-3-7-8/h2-3H,4H2,1H3. The largest absolute Gasteiger partial charge is 0.272 e. The lowest BCUT2D eigenvalue weighted by Gasteiger charge is -1.91.